The van der Waals surface area contributed by atoms with Crippen molar-refractivity contribution in [3.63, 3.8) is 0 Å². The number of hydrogen-bond donors (Lipinski definition) is 1. The van der Waals surface area contributed by atoms with E-state index in [9.17, 15) is 23.5 Å². The van der Waals surface area contributed by atoms with Gasteiger partial charge in [0.25, 0.3) is 0 Å². The summed E-state index contributed by atoms with van der Waals surface area (Å²) in [5.41, 5.74) is -1.57. The molecule has 1 N–H and O–H groups in total. The van der Waals surface area contributed by atoms with E-state index in [1.54, 1.807) is 0 Å². The third-order valence-electron chi connectivity index (χ3n) is 5.17. The molecule has 4 aliphatic carbocycles. The van der Waals surface area contributed by atoms with Crippen molar-refractivity contribution in [2.75, 3.05) is 0 Å². The molecule has 4 saturated carbocycles. The van der Waals surface area contributed by atoms with Crippen LogP contribution in [0, 0.1) is 11.8 Å². The molecule has 8 heteroatoms. The predicted octanol–water partition coefficient (Wildman–Crippen LogP) is 2.77. The van der Waals surface area contributed by atoms with Gasteiger partial charge in [0, 0.05) is 20.3 Å². The molecule has 4 bridgehead atoms. The fraction of sp³-hybridized carbons (Fsp3) is 0.875. The van der Waals surface area contributed by atoms with Crippen molar-refractivity contribution in [1.82, 2.24) is 0 Å². The van der Waals surface area contributed by atoms with Gasteiger partial charge < -0.3 is 19.3 Å². The molecule has 0 aromatic carbocycles. The summed E-state index contributed by atoms with van der Waals surface area (Å²) in [5.74, 6) is -4.80. The highest BCUT2D eigenvalue weighted by molar-refractivity contribution is 5.77. The van der Waals surface area contributed by atoms with Gasteiger partial charge >= 0.3 is 18.0 Å². The average Bonchev–Trinajstić information content (AvgIpc) is 2.32. The molecule has 6 nitrogen and oxygen atoms in total. The van der Waals surface area contributed by atoms with Gasteiger partial charge in [-0.3, -0.25) is 0 Å². The van der Waals surface area contributed by atoms with E-state index in [4.69, 9.17) is 9.47 Å². The van der Waals surface area contributed by atoms with E-state index in [2.05, 4.69) is 4.74 Å². The van der Waals surface area contributed by atoms with Crippen LogP contribution in [-0.4, -0.2) is 40.6 Å². The normalized spacial score (nSPS) is 38.5. The van der Waals surface area contributed by atoms with Crippen LogP contribution in [0.1, 0.15) is 52.4 Å². The molecule has 0 aromatic rings. The first-order valence-corrected chi connectivity index (χ1v) is 8.20. The van der Waals surface area contributed by atoms with Gasteiger partial charge in [-0.2, -0.15) is 8.78 Å². The highest BCUT2D eigenvalue weighted by Gasteiger charge is 2.59. The van der Waals surface area contributed by atoms with Crippen LogP contribution in [0.3, 0.4) is 0 Å². The summed E-state index contributed by atoms with van der Waals surface area (Å²) in [7, 11) is 0. The molecule has 0 aromatic heterocycles. The minimum Gasteiger partial charge on any atom is -0.427 e. The van der Waals surface area contributed by atoms with Crippen LogP contribution in [0.5, 0.6) is 0 Å². The summed E-state index contributed by atoms with van der Waals surface area (Å²) in [5, 5.41) is 10.6. The summed E-state index contributed by atoms with van der Waals surface area (Å²) < 4.78 is 40.1. The smallest absolute Gasteiger partial charge is 0.427 e. The van der Waals surface area contributed by atoms with Crippen LogP contribution >= 0.6 is 0 Å². The molecule has 136 valence electrons. The quantitative estimate of drug-likeness (QED) is 0.621. The number of hydrogen-bond acceptors (Lipinski definition) is 6. The van der Waals surface area contributed by atoms with Crippen LogP contribution in [-0.2, 0) is 19.0 Å². The second-order valence-electron chi connectivity index (χ2n) is 7.70. The lowest BCUT2D eigenvalue weighted by atomic mass is 9.52. The van der Waals surface area contributed by atoms with Gasteiger partial charge in [-0.05, 0) is 43.9 Å². The van der Waals surface area contributed by atoms with Crippen molar-refractivity contribution < 1.29 is 37.7 Å². The Morgan fingerprint density at radius 3 is 2.25 bits per heavy atom. The molecule has 0 saturated heterocycles. The van der Waals surface area contributed by atoms with Crippen LogP contribution in [0.4, 0.5) is 13.6 Å². The van der Waals surface area contributed by atoms with Crippen molar-refractivity contribution in [1.29, 1.82) is 0 Å². The summed E-state index contributed by atoms with van der Waals surface area (Å²) in [6.07, 6.45) is 1.63. The first-order chi connectivity index (χ1) is 11.0. The predicted molar refractivity (Wildman–Crippen MR) is 76.1 cm³/mol. The Bertz CT molecular complexity index is 529. The lowest BCUT2D eigenvalue weighted by molar-refractivity contribution is -0.217. The number of esters is 1. The molecule has 4 fully saturated rings. The Hall–Kier alpha value is -1.44. The number of ether oxygens (including phenoxy) is 3. The SMILES string of the molecule is CC(OC(=O)OC12CC3CC(CC(O)(C3)C1)C2)OC(=O)C(C)(F)F. The highest BCUT2D eigenvalue weighted by Crippen LogP contribution is 2.58. The van der Waals surface area contributed by atoms with Crippen molar-refractivity contribution in [3.8, 4) is 0 Å². The maximum Gasteiger partial charge on any atom is 0.511 e. The van der Waals surface area contributed by atoms with Gasteiger partial charge in [0.15, 0.2) is 0 Å². The molecule has 0 heterocycles. The molecular weight excluding hydrogens is 326 g/mol. The third kappa shape index (κ3) is 3.48. The largest absolute Gasteiger partial charge is 0.511 e. The number of aliphatic hydroxyl groups is 1. The monoisotopic (exact) mass is 348 g/mol. The molecule has 0 amide bonds. The number of carbonyl (C=O) groups is 2. The Labute approximate surface area is 138 Å². The topological polar surface area (TPSA) is 82.1 Å². The van der Waals surface area contributed by atoms with Crippen LogP contribution < -0.4 is 0 Å². The van der Waals surface area contributed by atoms with E-state index < -0.39 is 35.5 Å². The zero-order valence-electron chi connectivity index (χ0n) is 13.7. The van der Waals surface area contributed by atoms with E-state index in [0.29, 0.717) is 38.0 Å². The van der Waals surface area contributed by atoms with E-state index in [1.165, 1.54) is 0 Å². The third-order valence-corrected chi connectivity index (χ3v) is 5.17. The fourth-order valence-electron chi connectivity index (χ4n) is 4.87. The average molecular weight is 348 g/mol. The first kappa shape index (κ1) is 17.4. The molecule has 4 aliphatic rings. The molecule has 3 atom stereocenters. The highest BCUT2D eigenvalue weighted by atomic mass is 19.3. The minimum atomic E-state index is -3.66. The van der Waals surface area contributed by atoms with Gasteiger partial charge in [0.1, 0.15) is 5.60 Å². The van der Waals surface area contributed by atoms with E-state index in [-0.39, 0.29) is 0 Å². The number of rotatable bonds is 4. The second kappa shape index (κ2) is 5.54. The van der Waals surface area contributed by atoms with E-state index in [0.717, 1.165) is 26.2 Å². The number of carbonyl (C=O) groups excluding carboxylic acids is 2. The molecule has 24 heavy (non-hydrogen) atoms. The van der Waals surface area contributed by atoms with Crippen molar-refractivity contribution >= 4 is 12.1 Å². The van der Waals surface area contributed by atoms with Gasteiger partial charge in [-0.25, -0.2) is 9.59 Å². The second-order valence-corrected chi connectivity index (χ2v) is 7.70. The van der Waals surface area contributed by atoms with E-state index >= 15 is 0 Å². The fourth-order valence-corrected chi connectivity index (χ4v) is 4.87. The van der Waals surface area contributed by atoms with Gasteiger partial charge in [0.05, 0.1) is 5.60 Å². The van der Waals surface area contributed by atoms with Crippen LogP contribution in [0.2, 0.25) is 0 Å². The maximum absolute atomic E-state index is 12.8. The lowest BCUT2D eigenvalue weighted by Crippen LogP contribution is -2.60. The van der Waals surface area contributed by atoms with Crippen molar-refractivity contribution in [2.24, 2.45) is 11.8 Å². The molecular formula is C16H22F2O6. The Kier molecular flexibility index (Phi) is 4.01. The first-order valence-electron chi connectivity index (χ1n) is 8.20. The Morgan fingerprint density at radius 1 is 1.17 bits per heavy atom. The summed E-state index contributed by atoms with van der Waals surface area (Å²) in [6.45, 7) is 1.56. The number of halogens is 2. The molecule has 0 spiro atoms. The maximum atomic E-state index is 12.8. The number of alkyl halides is 2. The van der Waals surface area contributed by atoms with E-state index in [1.807, 2.05) is 0 Å². The molecule has 0 radical (unpaired) electrons. The summed E-state index contributed by atoms with van der Waals surface area (Å²) in [6, 6.07) is 0. The zero-order valence-corrected chi connectivity index (χ0v) is 13.7. The van der Waals surface area contributed by atoms with Gasteiger partial charge in [0.2, 0.25) is 6.29 Å². The Balaban J connectivity index is 1.56. The zero-order chi connectivity index (χ0) is 17.8. The van der Waals surface area contributed by atoms with Crippen LogP contribution in [0.25, 0.3) is 0 Å². The van der Waals surface area contributed by atoms with Crippen molar-refractivity contribution in [3.05, 3.63) is 0 Å². The standard InChI is InChI=1S/C16H22F2O6/c1-9(22-12(19)14(2,17)18)23-13(20)24-16-6-10-3-11(7-16)5-15(21,4-10)8-16/h9-11,21H,3-8H2,1-2H3. The Morgan fingerprint density at radius 2 is 1.75 bits per heavy atom. The summed E-state index contributed by atoms with van der Waals surface area (Å²) in [4.78, 5) is 23.0. The summed E-state index contributed by atoms with van der Waals surface area (Å²) >= 11 is 0. The molecule has 0 aliphatic heterocycles. The lowest BCUT2D eigenvalue weighted by Gasteiger charge is -2.58. The minimum absolute atomic E-state index is 0.318. The van der Waals surface area contributed by atoms with Gasteiger partial charge in [-0.1, -0.05) is 0 Å². The van der Waals surface area contributed by atoms with Crippen molar-refractivity contribution in [2.45, 2.75) is 75.8 Å². The molecule has 3 unspecified atom stereocenters. The van der Waals surface area contributed by atoms with Crippen LogP contribution in [0.15, 0.2) is 0 Å². The molecule has 4 rings (SSSR count). The van der Waals surface area contributed by atoms with Gasteiger partial charge in [-0.15, -0.1) is 0 Å².